The highest BCUT2D eigenvalue weighted by atomic mass is 16.2. The Balaban J connectivity index is 2.08. The highest BCUT2D eigenvalue weighted by Crippen LogP contribution is 2.23. The van der Waals surface area contributed by atoms with E-state index in [9.17, 15) is 4.79 Å². The van der Waals surface area contributed by atoms with Gasteiger partial charge in [-0.3, -0.25) is 9.78 Å². The molecular formula is C12H16N2O. The van der Waals surface area contributed by atoms with Crippen LogP contribution in [0.3, 0.4) is 0 Å². The van der Waals surface area contributed by atoms with E-state index in [1.54, 1.807) is 0 Å². The lowest BCUT2D eigenvalue weighted by Crippen LogP contribution is -2.40. The number of rotatable bonds is 2. The number of pyridine rings is 1. The summed E-state index contributed by atoms with van der Waals surface area (Å²) >= 11 is 0. The van der Waals surface area contributed by atoms with Gasteiger partial charge in [-0.2, -0.15) is 0 Å². The van der Waals surface area contributed by atoms with Crippen LogP contribution >= 0.6 is 0 Å². The van der Waals surface area contributed by atoms with Crippen LogP contribution in [0.5, 0.6) is 0 Å². The van der Waals surface area contributed by atoms with E-state index in [4.69, 9.17) is 0 Å². The van der Waals surface area contributed by atoms with Crippen molar-refractivity contribution in [3.8, 4) is 0 Å². The Kier molecular flexibility index (Phi) is 2.47. The predicted octanol–water partition coefficient (Wildman–Crippen LogP) is 1.60. The van der Waals surface area contributed by atoms with Crippen molar-refractivity contribution >= 4 is 5.91 Å². The number of nitrogens with zero attached hydrogens (tertiary/aromatic N) is 1. The molecule has 1 aliphatic heterocycles. The van der Waals surface area contributed by atoms with Crippen LogP contribution in [0.25, 0.3) is 0 Å². The van der Waals surface area contributed by atoms with E-state index in [2.05, 4.69) is 23.3 Å². The maximum Gasteiger partial charge on any atom is 0.220 e. The monoisotopic (exact) mass is 204 g/mol. The summed E-state index contributed by atoms with van der Waals surface area (Å²) in [4.78, 5) is 15.5. The number of aryl methyl sites for hydroxylation is 1. The number of amides is 1. The van der Waals surface area contributed by atoms with Crippen LogP contribution < -0.4 is 5.32 Å². The van der Waals surface area contributed by atoms with Gasteiger partial charge in [0.05, 0.1) is 0 Å². The first kappa shape index (κ1) is 10.1. The molecule has 1 unspecified atom stereocenters. The zero-order valence-corrected chi connectivity index (χ0v) is 9.21. The first-order chi connectivity index (χ1) is 7.07. The molecule has 3 heteroatoms. The Morgan fingerprint density at radius 1 is 1.53 bits per heavy atom. The third kappa shape index (κ3) is 2.35. The maximum atomic E-state index is 11.2. The maximum absolute atomic E-state index is 11.2. The van der Waals surface area contributed by atoms with E-state index >= 15 is 0 Å². The molecule has 1 amide bonds. The quantitative estimate of drug-likeness (QED) is 0.795. The zero-order chi connectivity index (χ0) is 10.9. The molecule has 15 heavy (non-hydrogen) atoms. The summed E-state index contributed by atoms with van der Waals surface area (Å²) in [5.74, 6) is 0.157. The molecule has 0 saturated carbocycles. The van der Waals surface area contributed by atoms with Crippen molar-refractivity contribution < 1.29 is 4.79 Å². The average molecular weight is 204 g/mol. The highest BCUT2D eigenvalue weighted by Gasteiger charge is 2.33. The van der Waals surface area contributed by atoms with Crippen molar-refractivity contribution in [3.63, 3.8) is 0 Å². The smallest absolute Gasteiger partial charge is 0.220 e. The molecule has 1 N–H and O–H groups in total. The van der Waals surface area contributed by atoms with Gasteiger partial charge in [0.2, 0.25) is 5.91 Å². The van der Waals surface area contributed by atoms with Crippen molar-refractivity contribution in [1.82, 2.24) is 10.3 Å². The second-order valence-corrected chi connectivity index (χ2v) is 4.61. The zero-order valence-electron chi connectivity index (χ0n) is 9.21. The molecule has 1 fully saturated rings. The van der Waals surface area contributed by atoms with Gasteiger partial charge in [-0.25, -0.2) is 0 Å². The van der Waals surface area contributed by atoms with E-state index in [1.165, 1.54) is 5.56 Å². The fraction of sp³-hybridized carbons (Fsp3) is 0.500. The van der Waals surface area contributed by atoms with Crippen LogP contribution in [0, 0.1) is 6.92 Å². The van der Waals surface area contributed by atoms with Gasteiger partial charge in [-0.1, -0.05) is 6.07 Å². The van der Waals surface area contributed by atoms with E-state index < -0.39 is 0 Å². The largest absolute Gasteiger partial charge is 0.351 e. The Labute approximate surface area is 89.9 Å². The van der Waals surface area contributed by atoms with Crippen LogP contribution in [0.15, 0.2) is 18.3 Å². The normalized spacial score (nSPS) is 25.3. The van der Waals surface area contributed by atoms with Crippen molar-refractivity contribution in [2.45, 2.75) is 38.6 Å². The lowest BCUT2D eigenvalue weighted by atomic mass is 9.94. The Bertz CT molecular complexity index is 372. The van der Waals surface area contributed by atoms with Crippen LogP contribution in [-0.4, -0.2) is 16.4 Å². The molecular weight excluding hydrogens is 188 g/mol. The first-order valence-electron chi connectivity index (χ1n) is 5.30. The molecule has 3 nitrogen and oxygen atoms in total. The molecule has 0 aromatic carbocycles. The molecule has 2 rings (SSSR count). The highest BCUT2D eigenvalue weighted by molar-refractivity contribution is 5.79. The average Bonchev–Trinajstić information content (AvgIpc) is 2.50. The summed E-state index contributed by atoms with van der Waals surface area (Å²) < 4.78 is 0. The SMILES string of the molecule is Cc1ccc(CC2(C)CCC(=O)N2)nc1. The second kappa shape index (κ2) is 3.65. The first-order valence-corrected chi connectivity index (χ1v) is 5.30. The Morgan fingerprint density at radius 3 is 2.87 bits per heavy atom. The summed E-state index contributed by atoms with van der Waals surface area (Å²) in [5, 5.41) is 3.01. The molecule has 0 radical (unpaired) electrons. The fourth-order valence-electron chi connectivity index (χ4n) is 1.99. The number of carbonyl (C=O) groups excluding carboxylic acids is 1. The lowest BCUT2D eigenvalue weighted by molar-refractivity contribution is -0.119. The summed E-state index contributed by atoms with van der Waals surface area (Å²) in [6.45, 7) is 4.11. The van der Waals surface area contributed by atoms with Crippen LogP contribution in [0.2, 0.25) is 0 Å². The van der Waals surface area contributed by atoms with Crippen molar-refractivity contribution in [3.05, 3.63) is 29.6 Å². The molecule has 0 bridgehead atoms. The number of aromatic nitrogens is 1. The van der Waals surface area contributed by atoms with E-state index in [-0.39, 0.29) is 11.4 Å². The predicted molar refractivity (Wildman–Crippen MR) is 58.5 cm³/mol. The van der Waals surface area contributed by atoms with Crippen LogP contribution in [-0.2, 0) is 11.2 Å². The minimum absolute atomic E-state index is 0.0979. The molecule has 1 atom stereocenters. The summed E-state index contributed by atoms with van der Waals surface area (Å²) in [6, 6.07) is 4.09. The number of nitrogens with one attached hydrogen (secondary N) is 1. The van der Waals surface area contributed by atoms with Gasteiger partial charge in [0.25, 0.3) is 0 Å². The van der Waals surface area contributed by atoms with Gasteiger partial charge < -0.3 is 5.32 Å². The van der Waals surface area contributed by atoms with E-state index in [1.807, 2.05) is 19.2 Å². The van der Waals surface area contributed by atoms with Gasteiger partial charge in [0.15, 0.2) is 0 Å². The van der Waals surface area contributed by atoms with E-state index in [0.29, 0.717) is 6.42 Å². The third-order valence-electron chi connectivity index (χ3n) is 2.89. The molecule has 80 valence electrons. The van der Waals surface area contributed by atoms with Gasteiger partial charge in [0, 0.05) is 30.3 Å². The minimum Gasteiger partial charge on any atom is -0.351 e. The van der Waals surface area contributed by atoms with Gasteiger partial charge >= 0.3 is 0 Å². The number of carbonyl (C=O) groups is 1. The van der Waals surface area contributed by atoms with Crippen molar-refractivity contribution in [2.24, 2.45) is 0 Å². The summed E-state index contributed by atoms with van der Waals surface area (Å²) in [5.41, 5.74) is 2.11. The Morgan fingerprint density at radius 2 is 2.33 bits per heavy atom. The standard InChI is InChI=1S/C12H16N2O/c1-9-3-4-10(13-8-9)7-12(2)6-5-11(15)14-12/h3-4,8H,5-7H2,1-2H3,(H,14,15). The third-order valence-corrected chi connectivity index (χ3v) is 2.89. The topological polar surface area (TPSA) is 42.0 Å². The summed E-state index contributed by atoms with van der Waals surface area (Å²) in [7, 11) is 0. The molecule has 1 aliphatic rings. The van der Waals surface area contributed by atoms with Gasteiger partial charge in [0.1, 0.15) is 0 Å². The van der Waals surface area contributed by atoms with Gasteiger partial charge in [-0.15, -0.1) is 0 Å². The lowest BCUT2D eigenvalue weighted by Gasteiger charge is -2.23. The number of hydrogen-bond acceptors (Lipinski definition) is 2. The van der Waals surface area contributed by atoms with Gasteiger partial charge in [-0.05, 0) is 31.9 Å². The van der Waals surface area contributed by atoms with Crippen molar-refractivity contribution in [1.29, 1.82) is 0 Å². The van der Waals surface area contributed by atoms with Crippen LogP contribution in [0.4, 0.5) is 0 Å². The molecule has 2 heterocycles. The molecule has 1 aromatic rings. The second-order valence-electron chi connectivity index (χ2n) is 4.61. The molecule has 0 aliphatic carbocycles. The van der Waals surface area contributed by atoms with Crippen molar-refractivity contribution in [2.75, 3.05) is 0 Å². The summed E-state index contributed by atoms with van der Waals surface area (Å²) in [6.07, 6.45) is 4.23. The molecule has 1 aromatic heterocycles. The molecule has 1 saturated heterocycles. The van der Waals surface area contributed by atoms with Crippen LogP contribution in [0.1, 0.15) is 31.0 Å². The minimum atomic E-state index is -0.0979. The number of hydrogen-bond donors (Lipinski definition) is 1. The molecule has 0 spiro atoms. The fourth-order valence-corrected chi connectivity index (χ4v) is 1.99. The Hall–Kier alpha value is -1.38. The van der Waals surface area contributed by atoms with E-state index in [0.717, 1.165) is 18.5 Å².